The van der Waals surface area contributed by atoms with E-state index in [1.54, 1.807) is 12.1 Å². The minimum atomic E-state index is -0.386. The van der Waals surface area contributed by atoms with Gasteiger partial charge in [-0.3, -0.25) is 19.9 Å². The number of halogens is 2. The molecule has 2 heterocycles. The molecule has 2 aromatic rings. The van der Waals surface area contributed by atoms with Crippen molar-refractivity contribution in [3.8, 4) is 5.75 Å². The van der Waals surface area contributed by atoms with Gasteiger partial charge in [0.05, 0.1) is 11.5 Å². The largest absolute Gasteiger partial charge is 0.467 e. The maximum absolute atomic E-state index is 13.2. The van der Waals surface area contributed by atoms with Gasteiger partial charge in [0.2, 0.25) is 0 Å². The quantitative estimate of drug-likeness (QED) is 0.543. The first-order valence-electron chi connectivity index (χ1n) is 9.39. The van der Waals surface area contributed by atoms with E-state index in [9.17, 15) is 14.5 Å². The molecule has 1 saturated heterocycles. The number of non-ortho nitro benzene ring substituents is 1. The monoisotopic (exact) mass is 421 g/mol. The zero-order valence-corrected chi connectivity index (χ0v) is 16.5. The molecule has 0 bridgehead atoms. The van der Waals surface area contributed by atoms with Crippen LogP contribution in [-0.2, 0) is 24.4 Å². The van der Waals surface area contributed by atoms with Crippen molar-refractivity contribution in [2.24, 2.45) is 0 Å². The Morgan fingerprint density at radius 2 is 1.76 bits per heavy atom. The van der Waals surface area contributed by atoms with E-state index in [-0.39, 0.29) is 23.2 Å². The molecule has 0 aliphatic carbocycles. The lowest BCUT2D eigenvalue weighted by atomic mass is 10.1. The second kappa shape index (κ2) is 8.62. The molecular weight excluding hydrogens is 401 g/mol. The first kappa shape index (κ1) is 20.0. The van der Waals surface area contributed by atoms with Gasteiger partial charge < -0.3 is 9.47 Å². The van der Waals surface area contributed by atoms with Gasteiger partial charge in [0.1, 0.15) is 11.6 Å². The third-order valence-corrected chi connectivity index (χ3v) is 5.60. The SMILES string of the molecule is O=[N+]([O-])c1cc2c(c(CN3CCN(Cc4ccc(F)cc4Cl)CC3)c1)OCOC2. The summed E-state index contributed by atoms with van der Waals surface area (Å²) in [5, 5.41) is 11.7. The molecule has 0 saturated carbocycles. The minimum absolute atomic E-state index is 0.0532. The van der Waals surface area contributed by atoms with E-state index in [0.29, 0.717) is 36.0 Å². The molecule has 0 aromatic heterocycles. The molecule has 0 amide bonds. The summed E-state index contributed by atoms with van der Waals surface area (Å²) in [6, 6.07) is 7.59. The second-order valence-corrected chi connectivity index (χ2v) is 7.66. The van der Waals surface area contributed by atoms with Crippen molar-refractivity contribution in [1.82, 2.24) is 9.80 Å². The Labute approximate surface area is 172 Å². The van der Waals surface area contributed by atoms with Crippen LogP contribution in [0, 0.1) is 15.9 Å². The molecule has 2 aromatic carbocycles. The number of benzene rings is 2. The average Bonchev–Trinajstić information content (AvgIpc) is 2.71. The fourth-order valence-corrected chi connectivity index (χ4v) is 3.97. The van der Waals surface area contributed by atoms with E-state index in [4.69, 9.17) is 21.1 Å². The van der Waals surface area contributed by atoms with Crippen LogP contribution in [0.2, 0.25) is 5.02 Å². The van der Waals surface area contributed by atoms with Gasteiger partial charge in [0.15, 0.2) is 6.79 Å². The van der Waals surface area contributed by atoms with Crippen LogP contribution in [0.1, 0.15) is 16.7 Å². The highest BCUT2D eigenvalue weighted by atomic mass is 35.5. The summed E-state index contributed by atoms with van der Waals surface area (Å²) in [4.78, 5) is 15.4. The molecular formula is C20H21ClFN3O4. The lowest BCUT2D eigenvalue weighted by Gasteiger charge is -2.35. The van der Waals surface area contributed by atoms with E-state index in [1.807, 2.05) is 0 Å². The van der Waals surface area contributed by atoms with Gasteiger partial charge in [0, 0.05) is 67.6 Å². The van der Waals surface area contributed by atoms with E-state index in [0.717, 1.165) is 37.3 Å². The molecule has 0 unspecified atom stereocenters. The van der Waals surface area contributed by atoms with Crippen molar-refractivity contribution in [2.45, 2.75) is 19.7 Å². The second-order valence-electron chi connectivity index (χ2n) is 7.25. The third kappa shape index (κ3) is 4.67. The molecule has 154 valence electrons. The maximum Gasteiger partial charge on any atom is 0.270 e. The topological polar surface area (TPSA) is 68.1 Å². The highest BCUT2D eigenvalue weighted by Gasteiger charge is 2.24. The van der Waals surface area contributed by atoms with E-state index < -0.39 is 0 Å². The minimum Gasteiger partial charge on any atom is -0.467 e. The van der Waals surface area contributed by atoms with Crippen molar-refractivity contribution in [1.29, 1.82) is 0 Å². The highest BCUT2D eigenvalue weighted by Crippen LogP contribution is 2.33. The number of fused-ring (bicyclic) bond motifs is 1. The van der Waals surface area contributed by atoms with Crippen LogP contribution in [0.3, 0.4) is 0 Å². The standard InChI is InChI=1S/C20H21ClFN3O4/c21-19-9-17(22)2-1-14(19)10-23-3-5-24(6-4-23)11-15-7-18(25(26)27)8-16-12-28-13-29-20(15)16/h1-2,7-9H,3-6,10-13H2. The van der Waals surface area contributed by atoms with Crippen LogP contribution in [0.5, 0.6) is 5.75 Å². The predicted octanol–water partition coefficient (Wildman–Crippen LogP) is 3.57. The molecule has 2 aliphatic rings. The zero-order chi connectivity index (χ0) is 20.4. The van der Waals surface area contributed by atoms with Gasteiger partial charge in [-0.15, -0.1) is 0 Å². The highest BCUT2D eigenvalue weighted by molar-refractivity contribution is 6.31. The van der Waals surface area contributed by atoms with Crippen molar-refractivity contribution >= 4 is 17.3 Å². The molecule has 2 aliphatic heterocycles. The Balaban J connectivity index is 1.41. The molecule has 0 radical (unpaired) electrons. The zero-order valence-electron chi connectivity index (χ0n) is 15.8. The maximum atomic E-state index is 13.2. The first-order chi connectivity index (χ1) is 14.0. The summed E-state index contributed by atoms with van der Waals surface area (Å²) in [6.07, 6.45) is 0. The summed E-state index contributed by atoms with van der Waals surface area (Å²) in [7, 11) is 0. The van der Waals surface area contributed by atoms with E-state index >= 15 is 0 Å². The van der Waals surface area contributed by atoms with Crippen molar-refractivity contribution in [2.75, 3.05) is 33.0 Å². The van der Waals surface area contributed by atoms with Crippen LogP contribution in [-0.4, -0.2) is 47.7 Å². The Morgan fingerprint density at radius 3 is 2.41 bits per heavy atom. The Morgan fingerprint density at radius 1 is 1.07 bits per heavy atom. The van der Waals surface area contributed by atoms with Gasteiger partial charge in [0.25, 0.3) is 5.69 Å². The molecule has 0 atom stereocenters. The lowest BCUT2D eigenvalue weighted by Crippen LogP contribution is -2.45. The van der Waals surface area contributed by atoms with Crippen molar-refractivity contribution in [3.05, 3.63) is 68.0 Å². The molecule has 29 heavy (non-hydrogen) atoms. The molecule has 4 rings (SSSR count). The Kier molecular flexibility index (Phi) is 5.96. The van der Waals surface area contributed by atoms with Crippen LogP contribution in [0.4, 0.5) is 10.1 Å². The summed E-state index contributed by atoms with van der Waals surface area (Å²) < 4.78 is 24.1. The lowest BCUT2D eigenvalue weighted by molar-refractivity contribution is -0.385. The molecule has 7 nitrogen and oxygen atoms in total. The fraction of sp³-hybridized carbons (Fsp3) is 0.400. The smallest absolute Gasteiger partial charge is 0.270 e. The number of hydrogen-bond acceptors (Lipinski definition) is 6. The van der Waals surface area contributed by atoms with E-state index in [1.165, 1.54) is 18.2 Å². The fourth-order valence-electron chi connectivity index (χ4n) is 3.74. The van der Waals surface area contributed by atoms with Gasteiger partial charge in [-0.05, 0) is 17.7 Å². The Hall–Kier alpha value is -2.26. The van der Waals surface area contributed by atoms with Crippen molar-refractivity contribution < 1.29 is 18.8 Å². The summed E-state index contributed by atoms with van der Waals surface area (Å²) in [6.45, 7) is 5.00. The summed E-state index contributed by atoms with van der Waals surface area (Å²) >= 11 is 6.14. The molecule has 9 heteroatoms. The average molecular weight is 422 g/mol. The summed E-state index contributed by atoms with van der Waals surface area (Å²) in [5.74, 6) is 0.360. The predicted molar refractivity (Wildman–Crippen MR) is 105 cm³/mol. The Bertz CT molecular complexity index is 919. The van der Waals surface area contributed by atoms with E-state index in [2.05, 4.69) is 9.80 Å². The van der Waals surface area contributed by atoms with Gasteiger partial charge in [-0.1, -0.05) is 17.7 Å². The van der Waals surface area contributed by atoms with Gasteiger partial charge in [-0.2, -0.15) is 0 Å². The number of ether oxygens (including phenoxy) is 2. The molecule has 1 fully saturated rings. The number of rotatable bonds is 5. The third-order valence-electron chi connectivity index (χ3n) is 5.25. The van der Waals surface area contributed by atoms with Gasteiger partial charge in [-0.25, -0.2) is 4.39 Å². The van der Waals surface area contributed by atoms with Gasteiger partial charge >= 0.3 is 0 Å². The van der Waals surface area contributed by atoms with Crippen molar-refractivity contribution in [3.63, 3.8) is 0 Å². The number of nitro benzene ring substituents is 1. The molecule has 0 spiro atoms. The number of piperazine rings is 1. The van der Waals surface area contributed by atoms with Crippen LogP contribution in [0.25, 0.3) is 0 Å². The number of hydrogen-bond donors (Lipinski definition) is 0. The van der Waals surface area contributed by atoms with Crippen LogP contribution >= 0.6 is 11.6 Å². The molecule has 0 N–H and O–H groups in total. The normalized spacial score (nSPS) is 17.6. The first-order valence-corrected chi connectivity index (χ1v) is 9.77. The van der Waals surface area contributed by atoms with Crippen LogP contribution < -0.4 is 4.74 Å². The number of nitrogens with zero attached hydrogens (tertiary/aromatic N) is 3. The number of nitro groups is 1. The van der Waals surface area contributed by atoms with Crippen LogP contribution in [0.15, 0.2) is 30.3 Å². The summed E-state index contributed by atoms with van der Waals surface area (Å²) in [5.41, 5.74) is 2.48.